The number of nitrogens with one attached hydrogen (secondary N) is 1. The van der Waals surface area contributed by atoms with Crippen LogP contribution >= 0.6 is 0 Å². The van der Waals surface area contributed by atoms with E-state index in [-0.39, 0.29) is 31.4 Å². The number of aromatic nitrogens is 1. The van der Waals surface area contributed by atoms with E-state index in [1.165, 1.54) is 9.47 Å². The molecule has 0 bridgehead atoms. The number of amides is 2. The van der Waals surface area contributed by atoms with Crippen molar-refractivity contribution >= 4 is 28.6 Å². The smallest absolute Gasteiger partial charge is 0.419 e. The first-order valence-corrected chi connectivity index (χ1v) is 8.75. The summed E-state index contributed by atoms with van der Waals surface area (Å²) in [5.41, 5.74) is 1.76. The Labute approximate surface area is 161 Å². The third-order valence-corrected chi connectivity index (χ3v) is 4.14. The van der Waals surface area contributed by atoms with Crippen molar-refractivity contribution in [2.24, 2.45) is 0 Å². The van der Waals surface area contributed by atoms with E-state index in [1.54, 1.807) is 56.6 Å². The quantitative estimate of drug-likeness (QED) is 0.674. The van der Waals surface area contributed by atoms with E-state index in [2.05, 4.69) is 5.32 Å². The summed E-state index contributed by atoms with van der Waals surface area (Å²) in [6.45, 7) is 0.168. The number of oxazole rings is 1. The van der Waals surface area contributed by atoms with Crippen LogP contribution in [0.4, 0.5) is 5.69 Å². The average molecular weight is 383 g/mol. The Hall–Kier alpha value is -3.55. The lowest BCUT2D eigenvalue weighted by Crippen LogP contribution is -2.27. The second kappa shape index (κ2) is 8.43. The highest BCUT2D eigenvalue weighted by molar-refractivity contribution is 5.90. The van der Waals surface area contributed by atoms with Gasteiger partial charge in [-0.2, -0.15) is 0 Å². The van der Waals surface area contributed by atoms with Gasteiger partial charge >= 0.3 is 5.76 Å². The van der Waals surface area contributed by atoms with Crippen LogP contribution in [0.3, 0.4) is 0 Å². The molecular weight excluding hydrogens is 362 g/mol. The fraction of sp³-hybridized carbons (Fsp3) is 0.250. The van der Waals surface area contributed by atoms with E-state index < -0.39 is 5.76 Å². The van der Waals surface area contributed by atoms with Gasteiger partial charge in [0.2, 0.25) is 5.91 Å². The first-order chi connectivity index (χ1) is 13.4. The minimum absolute atomic E-state index is 0.0495. The third-order valence-electron chi connectivity index (χ3n) is 4.14. The minimum Gasteiger partial charge on any atom is -0.484 e. The summed E-state index contributed by atoms with van der Waals surface area (Å²) in [7, 11) is 3.31. The van der Waals surface area contributed by atoms with Gasteiger partial charge in [0.25, 0.3) is 5.91 Å². The van der Waals surface area contributed by atoms with E-state index in [1.807, 2.05) is 6.07 Å². The largest absolute Gasteiger partial charge is 0.484 e. The second-order valence-corrected chi connectivity index (χ2v) is 6.39. The lowest BCUT2D eigenvalue weighted by atomic mass is 10.3. The van der Waals surface area contributed by atoms with Crippen molar-refractivity contribution in [1.29, 1.82) is 0 Å². The normalized spacial score (nSPS) is 10.6. The molecule has 1 aromatic heterocycles. The van der Waals surface area contributed by atoms with E-state index in [0.717, 1.165) is 0 Å². The second-order valence-electron chi connectivity index (χ2n) is 6.39. The zero-order valence-electron chi connectivity index (χ0n) is 15.7. The molecule has 0 unspecified atom stereocenters. The Kier molecular flexibility index (Phi) is 5.78. The molecule has 2 aromatic carbocycles. The van der Waals surface area contributed by atoms with Gasteiger partial charge in [-0.3, -0.25) is 14.2 Å². The van der Waals surface area contributed by atoms with Crippen LogP contribution in [0.15, 0.2) is 57.7 Å². The molecule has 1 N–H and O–H groups in total. The Bertz CT molecular complexity index is 1030. The number of ether oxygens (including phenoxy) is 1. The lowest BCUT2D eigenvalue weighted by Gasteiger charge is -2.11. The lowest BCUT2D eigenvalue weighted by molar-refractivity contribution is -0.130. The maximum absolute atomic E-state index is 12.2. The molecule has 0 saturated heterocycles. The molecule has 0 spiro atoms. The number of likely N-dealkylation sites (N-methyl/N-ethyl adjacent to an activating group) is 1. The number of fused-ring (bicyclic) bond motifs is 1. The monoisotopic (exact) mass is 383 g/mol. The SMILES string of the molecule is CN(C)C(=O)COc1ccc(NC(=O)CCn2c(=O)oc3ccccc32)cc1. The van der Waals surface area contributed by atoms with Crippen LogP contribution in [0.2, 0.25) is 0 Å². The van der Waals surface area contributed by atoms with Gasteiger partial charge in [-0.05, 0) is 36.4 Å². The highest BCUT2D eigenvalue weighted by Gasteiger charge is 2.11. The number of nitrogens with zero attached hydrogens (tertiary/aromatic N) is 2. The maximum Gasteiger partial charge on any atom is 0.419 e. The summed E-state index contributed by atoms with van der Waals surface area (Å²) in [5, 5.41) is 2.77. The van der Waals surface area contributed by atoms with Crippen molar-refractivity contribution in [1.82, 2.24) is 9.47 Å². The van der Waals surface area contributed by atoms with Crippen LogP contribution in [0.25, 0.3) is 11.1 Å². The fourth-order valence-electron chi connectivity index (χ4n) is 2.57. The number of hydrogen-bond donors (Lipinski definition) is 1. The molecule has 0 radical (unpaired) electrons. The molecule has 8 nitrogen and oxygen atoms in total. The maximum atomic E-state index is 12.2. The van der Waals surface area contributed by atoms with Crippen LogP contribution in [0, 0.1) is 0 Å². The number of para-hydroxylation sites is 2. The zero-order chi connectivity index (χ0) is 20.1. The molecule has 2 amide bonds. The first-order valence-electron chi connectivity index (χ1n) is 8.75. The summed E-state index contributed by atoms with van der Waals surface area (Å²) in [5.74, 6) is -0.319. The van der Waals surface area contributed by atoms with E-state index in [4.69, 9.17) is 9.15 Å². The van der Waals surface area contributed by atoms with Crippen LogP contribution < -0.4 is 15.8 Å². The van der Waals surface area contributed by atoms with Crippen molar-refractivity contribution in [2.45, 2.75) is 13.0 Å². The molecule has 0 atom stereocenters. The molecule has 0 aliphatic rings. The van der Waals surface area contributed by atoms with Crippen molar-refractivity contribution in [2.75, 3.05) is 26.0 Å². The van der Waals surface area contributed by atoms with E-state index in [9.17, 15) is 14.4 Å². The number of benzene rings is 2. The average Bonchev–Trinajstić information content (AvgIpc) is 3.00. The molecule has 3 rings (SSSR count). The molecule has 3 aromatic rings. The number of aryl methyl sites for hydroxylation is 1. The first kappa shape index (κ1) is 19.2. The molecule has 8 heteroatoms. The predicted molar refractivity (Wildman–Crippen MR) is 104 cm³/mol. The fourth-order valence-corrected chi connectivity index (χ4v) is 2.57. The molecule has 0 aliphatic heterocycles. The topological polar surface area (TPSA) is 93.8 Å². The number of hydrogen-bond acceptors (Lipinski definition) is 5. The highest BCUT2D eigenvalue weighted by atomic mass is 16.5. The number of carbonyl (C=O) groups excluding carboxylic acids is 2. The molecule has 0 saturated carbocycles. The van der Waals surface area contributed by atoms with E-state index >= 15 is 0 Å². The van der Waals surface area contributed by atoms with Crippen LogP contribution in [-0.4, -0.2) is 42.0 Å². The third kappa shape index (κ3) is 4.59. The van der Waals surface area contributed by atoms with Crippen molar-refractivity contribution in [3.05, 3.63) is 59.1 Å². The van der Waals surface area contributed by atoms with Crippen molar-refractivity contribution in [3.8, 4) is 5.75 Å². The molecule has 0 fully saturated rings. The number of carbonyl (C=O) groups is 2. The number of rotatable bonds is 7. The van der Waals surface area contributed by atoms with Crippen molar-refractivity contribution in [3.63, 3.8) is 0 Å². The van der Waals surface area contributed by atoms with Gasteiger partial charge in [0.1, 0.15) is 5.75 Å². The Morgan fingerprint density at radius 2 is 1.82 bits per heavy atom. The summed E-state index contributed by atoms with van der Waals surface area (Å²) < 4.78 is 12.0. The molecule has 28 heavy (non-hydrogen) atoms. The predicted octanol–water partition coefficient (Wildman–Crippen LogP) is 2.09. The van der Waals surface area contributed by atoms with Crippen LogP contribution in [-0.2, 0) is 16.1 Å². The molecular formula is C20H21N3O5. The van der Waals surface area contributed by atoms with Gasteiger partial charge in [-0.1, -0.05) is 12.1 Å². The van der Waals surface area contributed by atoms with Gasteiger partial charge in [0, 0.05) is 32.7 Å². The molecule has 0 aliphatic carbocycles. The summed E-state index contributed by atoms with van der Waals surface area (Å²) in [4.78, 5) is 37.1. The Balaban J connectivity index is 1.54. The highest BCUT2D eigenvalue weighted by Crippen LogP contribution is 2.16. The zero-order valence-corrected chi connectivity index (χ0v) is 15.7. The molecule has 146 valence electrons. The summed E-state index contributed by atoms with van der Waals surface area (Å²) in [6.07, 6.45) is 0.124. The van der Waals surface area contributed by atoms with Crippen LogP contribution in [0.5, 0.6) is 5.75 Å². The van der Waals surface area contributed by atoms with Gasteiger partial charge in [-0.25, -0.2) is 4.79 Å². The van der Waals surface area contributed by atoms with Gasteiger partial charge in [0.15, 0.2) is 12.2 Å². The van der Waals surface area contributed by atoms with Gasteiger partial charge in [0.05, 0.1) is 5.52 Å². The standard InChI is InChI=1S/C20H21N3O5/c1-22(2)19(25)13-27-15-9-7-14(8-10-15)21-18(24)11-12-23-16-5-3-4-6-17(16)28-20(23)26/h3-10H,11-13H2,1-2H3,(H,21,24). The van der Waals surface area contributed by atoms with Crippen molar-refractivity contribution < 1.29 is 18.7 Å². The Morgan fingerprint density at radius 3 is 2.54 bits per heavy atom. The summed E-state index contributed by atoms with van der Waals surface area (Å²) >= 11 is 0. The van der Waals surface area contributed by atoms with Crippen LogP contribution in [0.1, 0.15) is 6.42 Å². The summed E-state index contributed by atoms with van der Waals surface area (Å²) in [6, 6.07) is 13.8. The Morgan fingerprint density at radius 1 is 1.11 bits per heavy atom. The number of anilines is 1. The van der Waals surface area contributed by atoms with Gasteiger partial charge in [-0.15, -0.1) is 0 Å². The van der Waals surface area contributed by atoms with E-state index in [0.29, 0.717) is 22.5 Å². The molecule has 1 heterocycles. The minimum atomic E-state index is -0.484. The van der Waals surface area contributed by atoms with Gasteiger partial charge < -0.3 is 19.4 Å².